The molecular formula is C23H33FN4O3. The number of ether oxygens (including phenoxy) is 2. The summed E-state index contributed by atoms with van der Waals surface area (Å²) in [5.74, 6) is 1.62. The van der Waals surface area contributed by atoms with Gasteiger partial charge in [0.2, 0.25) is 0 Å². The number of guanidine groups is 1. The lowest BCUT2D eigenvalue weighted by atomic mass is 10.2. The molecule has 1 fully saturated rings. The Morgan fingerprint density at radius 3 is 2.84 bits per heavy atom. The number of hydrogen-bond acceptors (Lipinski definition) is 5. The molecule has 3 rings (SSSR count). The second kappa shape index (κ2) is 12.3. The second-order valence-electron chi connectivity index (χ2n) is 7.59. The number of hydrogen-bond donors (Lipinski definition) is 1. The van der Waals surface area contributed by atoms with Crippen LogP contribution in [0.15, 0.2) is 46.0 Å². The number of aliphatic imine (C=N–C) groups is 1. The van der Waals surface area contributed by atoms with Gasteiger partial charge in [-0.25, -0.2) is 4.39 Å². The van der Waals surface area contributed by atoms with E-state index in [0.717, 1.165) is 69.5 Å². The number of nitrogens with one attached hydrogen (secondary N) is 1. The van der Waals surface area contributed by atoms with Crippen molar-refractivity contribution in [2.45, 2.75) is 19.4 Å². The molecule has 0 aliphatic carbocycles. The van der Waals surface area contributed by atoms with Gasteiger partial charge in [-0.15, -0.1) is 0 Å². The van der Waals surface area contributed by atoms with Gasteiger partial charge in [0.25, 0.3) is 0 Å². The molecule has 0 saturated carbocycles. The second-order valence-corrected chi connectivity index (χ2v) is 7.59. The van der Waals surface area contributed by atoms with Gasteiger partial charge in [-0.2, -0.15) is 0 Å². The first kappa shape index (κ1) is 23.1. The van der Waals surface area contributed by atoms with Gasteiger partial charge in [-0.1, -0.05) is 6.07 Å². The highest BCUT2D eigenvalue weighted by Crippen LogP contribution is 2.18. The molecule has 0 bridgehead atoms. The zero-order chi connectivity index (χ0) is 21.9. The minimum atomic E-state index is -0.358. The van der Waals surface area contributed by atoms with Crippen LogP contribution in [0, 0.1) is 5.82 Å². The summed E-state index contributed by atoms with van der Waals surface area (Å²) in [4.78, 5) is 9.23. The van der Waals surface area contributed by atoms with Crippen LogP contribution in [0.2, 0.25) is 0 Å². The van der Waals surface area contributed by atoms with E-state index in [2.05, 4.69) is 10.2 Å². The molecule has 0 atom stereocenters. The third-order valence-electron chi connectivity index (χ3n) is 5.23. The summed E-state index contributed by atoms with van der Waals surface area (Å²) >= 11 is 0. The zero-order valence-corrected chi connectivity index (χ0v) is 18.5. The van der Waals surface area contributed by atoms with E-state index in [0.29, 0.717) is 13.1 Å². The SMILES string of the molecule is COc1ccc(CN(C)C(=NCCCN2CCOCC2)NCCc2ccco2)cc1F. The van der Waals surface area contributed by atoms with Gasteiger partial charge in [0.05, 0.1) is 26.6 Å². The zero-order valence-electron chi connectivity index (χ0n) is 18.5. The summed E-state index contributed by atoms with van der Waals surface area (Å²) in [6.07, 6.45) is 3.43. The molecular weight excluding hydrogens is 399 g/mol. The minimum absolute atomic E-state index is 0.250. The van der Waals surface area contributed by atoms with Crippen LogP contribution >= 0.6 is 0 Å². The molecule has 0 amide bonds. The monoisotopic (exact) mass is 432 g/mol. The number of halogens is 1. The first-order valence-corrected chi connectivity index (χ1v) is 10.8. The van der Waals surface area contributed by atoms with Crippen molar-refractivity contribution in [2.24, 2.45) is 4.99 Å². The van der Waals surface area contributed by atoms with Crippen molar-refractivity contribution in [1.29, 1.82) is 0 Å². The summed E-state index contributed by atoms with van der Waals surface area (Å²) in [5, 5.41) is 3.42. The quantitative estimate of drug-likeness (QED) is 0.354. The Kier molecular flexibility index (Phi) is 9.17. The Balaban J connectivity index is 1.56. The molecule has 1 aromatic heterocycles. The summed E-state index contributed by atoms with van der Waals surface area (Å²) in [7, 11) is 3.43. The van der Waals surface area contributed by atoms with E-state index in [1.807, 2.05) is 30.1 Å². The standard InChI is InChI=1S/C23H33FN4O3/c1-27(18-19-6-7-22(29-2)21(24)17-19)23(26-10-8-20-5-3-14-31-20)25-9-4-11-28-12-15-30-16-13-28/h3,5-7,14,17H,4,8-13,15-16,18H2,1-2H3,(H,25,26). The van der Waals surface area contributed by atoms with Crippen molar-refractivity contribution in [2.75, 3.05) is 60.1 Å². The molecule has 2 heterocycles. The van der Waals surface area contributed by atoms with Crippen molar-refractivity contribution < 1.29 is 18.3 Å². The Morgan fingerprint density at radius 2 is 2.13 bits per heavy atom. The van der Waals surface area contributed by atoms with Gasteiger partial charge < -0.3 is 24.1 Å². The maximum Gasteiger partial charge on any atom is 0.193 e. The highest BCUT2D eigenvalue weighted by atomic mass is 19.1. The maximum absolute atomic E-state index is 14.1. The van der Waals surface area contributed by atoms with E-state index in [9.17, 15) is 4.39 Å². The molecule has 170 valence electrons. The molecule has 0 radical (unpaired) electrons. The fourth-order valence-electron chi connectivity index (χ4n) is 3.52. The Labute approximate surface area is 183 Å². The van der Waals surface area contributed by atoms with Crippen LogP contribution in [0.3, 0.4) is 0 Å². The van der Waals surface area contributed by atoms with Gasteiger partial charge in [0.1, 0.15) is 5.76 Å². The third-order valence-corrected chi connectivity index (χ3v) is 5.23. The predicted molar refractivity (Wildman–Crippen MR) is 119 cm³/mol. The van der Waals surface area contributed by atoms with Crippen LogP contribution in [-0.4, -0.2) is 75.9 Å². The van der Waals surface area contributed by atoms with Crippen molar-refractivity contribution in [1.82, 2.24) is 15.1 Å². The first-order valence-electron chi connectivity index (χ1n) is 10.8. The molecule has 1 aromatic carbocycles. The van der Waals surface area contributed by atoms with Crippen LogP contribution in [0.1, 0.15) is 17.7 Å². The van der Waals surface area contributed by atoms with Gasteiger partial charge in [0.15, 0.2) is 17.5 Å². The molecule has 0 unspecified atom stereocenters. The van der Waals surface area contributed by atoms with E-state index in [1.165, 1.54) is 13.2 Å². The third kappa shape index (κ3) is 7.56. The smallest absolute Gasteiger partial charge is 0.193 e. The number of methoxy groups -OCH3 is 1. The Bertz CT molecular complexity index is 807. The predicted octanol–water partition coefficient (Wildman–Crippen LogP) is 2.77. The van der Waals surface area contributed by atoms with Crippen molar-refractivity contribution >= 4 is 5.96 Å². The minimum Gasteiger partial charge on any atom is -0.494 e. The first-order chi connectivity index (χ1) is 15.2. The van der Waals surface area contributed by atoms with E-state index >= 15 is 0 Å². The van der Waals surface area contributed by atoms with Crippen molar-refractivity contribution in [3.63, 3.8) is 0 Å². The number of morpholine rings is 1. The van der Waals surface area contributed by atoms with E-state index in [1.54, 1.807) is 12.3 Å². The lowest BCUT2D eigenvalue weighted by Gasteiger charge is -2.26. The fourth-order valence-corrected chi connectivity index (χ4v) is 3.52. The maximum atomic E-state index is 14.1. The van der Waals surface area contributed by atoms with Gasteiger partial charge in [-0.05, 0) is 36.2 Å². The number of rotatable bonds is 10. The Hall–Kier alpha value is -2.58. The van der Waals surface area contributed by atoms with Gasteiger partial charge in [-0.3, -0.25) is 9.89 Å². The van der Waals surface area contributed by atoms with Crippen LogP contribution in [0.4, 0.5) is 4.39 Å². The molecule has 8 heteroatoms. The molecule has 1 aliphatic rings. The Morgan fingerprint density at radius 1 is 1.29 bits per heavy atom. The average molecular weight is 433 g/mol. The molecule has 1 N–H and O–H groups in total. The van der Waals surface area contributed by atoms with Crippen molar-refractivity contribution in [3.8, 4) is 5.75 Å². The van der Waals surface area contributed by atoms with Gasteiger partial charge >= 0.3 is 0 Å². The lowest BCUT2D eigenvalue weighted by Crippen LogP contribution is -2.40. The largest absolute Gasteiger partial charge is 0.494 e. The average Bonchev–Trinajstić information content (AvgIpc) is 3.30. The van der Waals surface area contributed by atoms with E-state index < -0.39 is 0 Å². The highest BCUT2D eigenvalue weighted by molar-refractivity contribution is 5.79. The number of furan rings is 1. The van der Waals surface area contributed by atoms with Crippen LogP contribution in [0.5, 0.6) is 5.75 Å². The molecule has 0 spiro atoms. The normalized spacial score (nSPS) is 15.1. The van der Waals surface area contributed by atoms with E-state index in [4.69, 9.17) is 18.9 Å². The summed E-state index contributed by atoms with van der Waals surface area (Å²) < 4.78 is 29.9. The lowest BCUT2D eigenvalue weighted by molar-refractivity contribution is 0.0377. The molecule has 1 aliphatic heterocycles. The number of nitrogens with zero attached hydrogens (tertiary/aromatic N) is 3. The topological polar surface area (TPSA) is 62.5 Å². The molecule has 1 saturated heterocycles. The van der Waals surface area contributed by atoms with Crippen LogP contribution in [-0.2, 0) is 17.7 Å². The summed E-state index contributed by atoms with van der Waals surface area (Å²) in [6, 6.07) is 8.89. The highest BCUT2D eigenvalue weighted by Gasteiger charge is 2.12. The van der Waals surface area contributed by atoms with Crippen LogP contribution < -0.4 is 10.1 Å². The van der Waals surface area contributed by atoms with E-state index in [-0.39, 0.29) is 11.6 Å². The molecule has 7 nitrogen and oxygen atoms in total. The summed E-state index contributed by atoms with van der Waals surface area (Å²) in [6.45, 7) is 6.58. The number of benzene rings is 1. The molecule has 31 heavy (non-hydrogen) atoms. The molecule has 2 aromatic rings. The summed E-state index contributed by atoms with van der Waals surface area (Å²) in [5.41, 5.74) is 0.856. The van der Waals surface area contributed by atoms with Crippen molar-refractivity contribution in [3.05, 3.63) is 53.7 Å². The van der Waals surface area contributed by atoms with Crippen LogP contribution in [0.25, 0.3) is 0 Å². The fraction of sp³-hybridized carbons (Fsp3) is 0.522. The van der Waals surface area contributed by atoms with Gasteiger partial charge in [0, 0.05) is 52.7 Å².